The number of aromatic nitrogens is 2. The summed E-state index contributed by atoms with van der Waals surface area (Å²) in [4.78, 5) is 0. The van der Waals surface area contributed by atoms with Crippen molar-refractivity contribution < 1.29 is 0 Å². The molecule has 1 heterocycles. The second-order valence-electron chi connectivity index (χ2n) is 5.41. The molecule has 0 saturated carbocycles. The number of nitrogens with one attached hydrogen (secondary N) is 1. The van der Waals surface area contributed by atoms with E-state index in [0.717, 1.165) is 30.1 Å². The summed E-state index contributed by atoms with van der Waals surface area (Å²) in [5, 5.41) is 8.50. The second-order valence-corrected chi connectivity index (χ2v) is 5.82. The van der Waals surface area contributed by atoms with Crippen LogP contribution >= 0.6 is 11.6 Å². The molecule has 1 N–H and O–H groups in total. The van der Waals surface area contributed by atoms with Gasteiger partial charge in [-0.2, -0.15) is 5.10 Å². The Morgan fingerprint density at radius 3 is 2.65 bits per heavy atom. The number of halogens is 1. The van der Waals surface area contributed by atoms with E-state index in [-0.39, 0.29) is 5.41 Å². The van der Waals surface area contributed by atoms with Crippen LogP contribution in [0.1, 0.15) is 46.2 Å². The van der Waals surface area contributed by atoms with Crippen LogP contribution in [0.4, 0.5) is 0 Å². The first-order valence-electron chi connectivity index (χ1n) is 6.30. The zero-order chi connectivity index (χ0) is 13.1. The lowest BCUT2D eigenvalue weighted by atomic mass is 9.82. The van der Waals surface area contributed by atoms with E-state index in [0.29, 0.717) is 6.04 Å². The molecular weight excluding hydrogens is 234 g/mol. The lowest BCUT2D eigenvalue weighted by molar-refractivity contribution is 0.371. The van der Waals surface area contributed by atoms with E-state index in [2.05, 4.69) is 38.1 Å². The molecule has 0 fully saturated rings. The van der Waals surface area contributed by atoms with Gasteiger partial charge in [0.05, 0.1) is 16.9 Å². The van der Waals surface area contributed by atoms with E-state index < -0.39 is 0 Å². The van der Waals surface area contributed by atoms with Gasteiger partial charge in [-0.3, -0.25) is 4.68 Å². The minimum atomic E-state index is 0.0302. The Morgan fingerprint density at radius 1 is 1.53 bits per heavy atom. The van der Waals surface area contributed by atoms with Crippen molar-refractivity contribution in [3.63, 3.8) is 0 Å². The van der Waals surface area contributed by atoms with Crippen molar-refractivity contribution in [2.45, 2.75) is 52.0 Å². The molecular formula is C13H24ClN3. The van der Waals surface area contributed by atoms with E-state index in [9.17, 15) is 0 Å². The SMILES string of the molecule is CCCNC(C)CC(C)(C)c1c(Cl)cnn1C. The van der Waals surface area contributed by atoms with Gasteiger partial charge in [-0.25, -0.2) is 0 Å². The summed E-state index contributed by atoms with van der Waals surface area (Å²) in [6, 6.07) is 0.482. The first-order valence-corrected chi connectivity index (χ1v) is 6.67. The molecule has 0 aliphatic rings. The zero-order valence-electron chi connectivity index (χ0n) is 11.5. The van der Waals surface area contributed by atoms with Crippen LogP contribution in [-0.4, -0.2) is 22.4 Å². The molecule has 0 amide bonds. The first-order chi connectivity index (χ1) is 7.88. The van der Waals surface area contributed by atoms with E-state index in [1.54, 1.807) is 6.20 Å². The Labute approximate surface area is 110 Å². The van der Waals surface area contributed by atoms with Gasteiger partial charge < -0.3 is 5.32 Å². The third-order valence-electron chi connectivity index (χ3n) is 3.09. The van der Waals surface area contributed by atoms with Crippen LogP contribution in [0, 0.1) is 0 Å². The third-order valence-corrected chi connectivity index (χ3v) is 3.37. The Kier molecular flexibility index (Phi) is 5.02. The highest BCUT2D eigenvalue weighted by atomic mass is 35.5. The Hall–Kier alpha value is -0.540. The monoisotopic (exact) mass is 257 g/mol. The molecule has 0 bridgehead atoms. The van der Waals surface area contributed by atoms with Crippen LogP contribution < -0.4 is 5.32 Å². The molecule has 98 valence electrons. The van der Waals surface area contributed by atoms with Gasteiger partial charge in [0, 0.05) is 18.5 Å². The van der Waals surface area contributed by atoms with E-state index >= 15 is 0 Å². The molecule has 1 aromatic heterocycles. The van der Waals surface area contributed by atoms with Crippen LogP contribution in [0.25, 0.3) is 0 Å². The van der Waals surface area contributed by atoms with Crippen molar-refractivity contribution in [3.05, 3.63) is 16.9 Å². The van der Waals surface area contributed by atoms with Gasteiger partial charge in [-0.05, 0) is 26.3 Å². The van der Waals surface area contributed by atoms with Crippen molar-refractivity contribution >= 4 is 11.6 Å². The molecule has 0 aromatic carbocycles. The molecule has 0 saturated heterocycles. The summed E-state index contributed by atoms with van der Waals surface area (Å²) in [5.41, 5.74) is 1.15. The van der Waals surface area contributed by atoms with Crippen LogP contribution in [0.2, 0.25) is 5.02 Å². The molecule has 0 aliphatic carbocycles. The van der Waals surface area contributed by atoms with Crippen LogP contribution in [0.15, 0.2) is 6.20 Å². The molecule has 1 unspecified atom stereocenters. The summed E-state index contributed by atoms with van der Waals surface area (Å²) < 4.78 is 1.88. The highest BCUT2D eigenvalue weighted by Crippen LogP contribution is 2.33. The molecule has 4 heteroatoms. The van der Waals surface area contributed by atoms with E-state index in [1.807, 2.05) is 11.7 Å². The number of rotatable bonds is 6. The van der Waals surface area contributed by atoms with Crippen LogP contribution in [0.3, 0.4) is 0 Å². The smallest absolute Gasteiger partial charge is 0.0823 e. The van der Waals surface area contributed by atoms with Crippen molar-refractivity contribution in [3.8, 4) is 0 Å². The fraction of sp³-hybridized carbons (Fsp3) is 0.769. The average molecular weight is 258 g/mol. The second kappa shape index (κ2) is 5.87. The molecule has 0 aliphatic heterocycles. The highest BCUT2D eigenvalue weighted by molar-refractivity contribution is 6.31. The maximum absolute atomic E-state index is 6.21. The predicted molar refractivity (Wildman–Crippen MR) is 73.6 cm³/mol. The molecule has 1 aromatic rings. The van der Waals surface area contributed by atoms with Gasteiger partial charge >= 0.3 is 0 Å². The topological polar surface area (TPSA) is 29.9 Å². The molecule has 0 spiro atoms. The molecule has 0 radical (unpaired) electrons. The van der Waals surface area contributed by atoms with Crippen LogP contribution in [0.5, 0.6) is 0 Å². The first kappa shape index (κ1) is 14.5. The number of nitrogens with zero attached hydrogens (tertiary/aromatic N) is 2. The predicted octanol–water partition coefficient (Wildman–Crippen LogP) is 3.13. The Balaban J connectivity index is 2.74. The normalized spacial score (nSPS) is 14.0. The summed E-state index contributed by atoms with van der Waals surface area (Å²) >= 11 is 6.21. The highest BCUT2D eigenvalue weighted by Gasteiger charge is 2.28. The largest absolute Gasteiger partial charge is 0.314 e. The standard InChI is InChI=1S/C13H24ClN3/c1-6-7-15-10(2)8-13(3,4)12-11(14)9-16-17(12)5/h9-10,15H,6-8H2,1-5H3. The summed E-state index contributed by atoms with van der Waals surface area (Å²) in [5.74, 6) is 0. The van der Waals surface area contributed by atoms with Gasteiger partial charge in [0.25, 0.3) is 0 Å². The molecule has 3 nitrogen and oxygen atoms in total. The van der Waals surface area contributed by atoms with Gasteiger partial charge in [0.2, 0.25) is 0 Å². The Morgan fingerprint density at radius 2 is 2.18 bits per heavy atom. The maximum atomic E-state index is 6.21. The van der Waals surface area contributed by atoms with Gasteiger partial charge in [-0.1, -0.05) is 32.4 Å². The maximum Gasteiger partial charge on any atom is 0.0823 e. The van der Waals surface area contributed by atoms with Crippen molar-refractivity contribution in [2.24, 2.45) is 7.05 Å². The van der Waals surface area contributed by atoms with Crippen molar-refractivity contribution in [1.29, 1.82) is 0 Å². The van der Waals surface area contributed by atoms with Gasteiger partial charge in [-0.15, -0.1) is 0 Å². The van der Waals surface area contributed by atoms with Crippen LogP contribution in [-0.2, 0) is 12.5 Å². The summed E-state index contributed by atoms with van der Waals surface area (Å²) in [6.07, 6.45) is 3.94. The summed E-state index contributed by atoms with van der Waals surface area (Å²) in [6.45, 7) is 9.92. The van der Waals surface area contributed by atoms with E-state index in [4.69, 9.17) is 11.6 Å². The van der Waals surface area contributed by atoms with Crippen molar-refractivity contribution in [1.82, 2.24) is 15.1 Å². The molecule has 17 heavy (non-hydrogen) atoms. The Bertz CT molecular complexity index is 338. The van der Waals surface area contributed by atoms with E-state index in [1.165, 1.54) is 0 Å². The zero-order valence-corrected chi connectivity index (χ0v) is 12.3. The molecule has 1 atom stereocenters. The molecule has 1 rings (SSSR count). The van der Waals surface area contributed by atoms with Gasteiger partial charge in [0.15, 0.2) is 0 Å². The summed E-state index contributed by atoms with van der Waals surface area (Å²) in [7, 11) is 1.95. The third kappa shape index (κ3) is 3.71. The minimum Gasteiger partial charge on any atom is -0.314 e. The quantitative estimate of drug-likeness (QED) is 0.849. The van der Waals surface area contributed by atoms with Crippen molar-refractivity contribution in [2.75, 3.05) is 6.54 Å². The number of hydrogen-bond acceptors (Lipinski definition) is 2. The lowest BCUT2D eigenvalue weighted by Crippen LogP contribution is -2.34. The minimum absolute atomic E-state index is 0.0302. The lowest BCUT2D eigenvalue weighted by Gasteiger charge is -2.29. The fourth-order valence-electron chi connectivity index (χ4n) is 2.50. The van der Waals surface area contributed by atoms with Gasteiger partial charge in [0.1, 0.15) is 0 Å². The number of aryl methyl sites for hydroxylation is 1. The average Bonchev–Trinajstić information content (AvgIpc) is 2.55. The number of hydrogen-bond donors (Lipinski definition) is 1. The fourth-order valence-corrected chi connectivity index (χ4v) is 2.92.